The highest BCUT2D eigenvalue weighted by molar-refractivity contribution is 14.0. The van der Waals surface area contributed by atoms with E-state index in [4.69, 9.17) is 9.73 Å². The van der Waals surface area contributed by atoms with Gasteiger partial charge >= 0.3 is 0 Å². The smallest absolute Gasteiger partial charge is 0.191 e. The van der Waals surface area contributed by atoms with Crippen molar-refractivity contribution in [1.29, 1.82) is 0 Å². The second-order valence-corrected chi connectivity index (χ2v) is 6.81. The minimum atomic E-state index is 0. The molecule has 0 atom stereocenters. The molecule has 0 heterocycles. The predicted octanol–water partition coefficient (Wildman–Crippen LogP) is 3.09. The Labute approximate surface area is 176 Å². The summed E-state index contributed by atoms with van der Waals surface area (Å²) in [5.41, 5.74) is 3.88. The Kier molecular flexibility index (Phi) is 11.2. The molecule has 26 heavy (non-hydrogen) atoms. The average molecular weight is 474 g/mol. The van der Waals surface area contributed by atoms with Gasteiger partial charge in [-0.2, -0.15) is 0 Å². The maximum absolute atomic E-state index is 5.23. The van der Waals surface area contributed by atoms with Gasteiger partial charge in [-0.15, -0.1) is 24.0 Å². The summed E-state index contributed by atoms with van der Waals surface area (Å²) in [7, 11) is 1.77. The molecule has 0 bridgehead atoms. The van der Waals surface area contributed by atoms with Crippen molar-refractivity contribution in [3.05, 3.63) is 34.9 Å². The van der Waals surface area contributed by atoms with Gasteiger partial charge in [0.1, 0.15) is 0 Å². The lowest BCUT2D eigenvalue weighted by Crippen LogP contribution is -2.42. The van der Waals surface area contributed by atoms with E-state index < -0.39 is 0 Å². The standard InChI is InChI=1S/C20H34N4O.HI/c1-5-21-20(23-15-18-7-6-16(2)14-17(18)3)22-10-11-24(12-13-25-4)19-8-9-19;/h6-7,14,19H,5,8-13,15H2,1-4H3,(H2,21,22,23);1H. The van der Waals surface area contributed by atoms with Crippen LogP contribution in [0.5, 0.6) is 0 Å². The first-order chi connectivity index (χ1) is 12.1. The molecule has 0 amide bonds. The third kappa shape index (κ3) is 8.22. The zero-order valence-corrected chi connectivity index (χ0v) is 19.0. The van der Waals surface area contributed by atoms with E-state index in [-0.39, 0.29) is 24.0 Å². The van der Waals surface area contributed by atoms with Gasteiger partial charge in [0.25, 0.3) is 0 Å². The van der Waals surface area contributed by atoms with Gasteiger partial charge in [-0.1, -0.05) is 23.8 Å². The quantitative estimate of drug-likeness (QED) is 0.311. The maximum Gasteiger partial charge on any atom is 0.191 e. The molecule has 0 radical (unpaired) electrons. The summed E-state index contributed by atoms with van der Waals surface area (Å²) >= 11 is 0. The summed E-state index contributed by atoms with van der Waals surface area (Å²) in [6.07, 6.45) is 2.65. The zero-order valence-electron chi connectivity index (χ0n) is 16.7. The van der Waals surface area contributed by atoms with Gasteiger partial charge in [-0.25, -0.2) is 4.99 Å². The highest BCUT2D eigenvalue weighted by Gasteiger charge is 2.28. The van der Waals surface area contributed by atoms with Gasteiger partial charge in [0.15, 0.2) is 5.96 Å². The molecule has 5 nitrogen and oxygen atoms in total. The molecule has 148 valence electrons. The van der Waals surface area contributed by atoms with Crippen molar-refractivity contribution in [2.45, 2.75) is 46.2 Å². The van der Waals surface area contributed by atoms with Gasteiger partial charge < -0.3 is 15.4 Å². The number of rotatable bonds is 10. The fraction of sp³-hybridized carbons (Fsp3) is 0.650. The second kappa shape index (κ2) is 12.5. The van der Waals surface area contributed by atoms with Crippen molar-refractivity contribution in [3.8, 4) is 0 Å². The van der Waals surface area contributed by atoms with Crippen LogP contribution in [0.15, 0.2) is 23.2 Å². The van der Waals surface area contributed by atoms with E-state index in [0.29, 0.717) is 6.54 Å². The van der Waals surface area contributed by atoms with E-state index in [0.717, 1.165) is 44.8 Å². The molecule has 1 aliphatic carbocycles. The number of nitrogens with one attached hydrogen (secondary N) is 2. The largest absolute Gasteiger partial charge is 0.383 e. The first-order valence-corrected chi connectivity index (χ1v) is 9.45. The molecule has 0 aliphatic heterocycles. The first kappa shape index (κ1) is 23.2. The molecule has 2 N–H and O–H groups in total. The number of ether oxygens (including phenoxy) is 1. The van der Waals surface area contributed by atoms with Gasteiger partial charge in [-0.3, -0.25) is 4.90 Å². The Hall–Kier alpha value is -0.860. The molecule has 0 saturated heterocycles. The van der Waals surface area contributed by atoms with Crippen molar-refractivity contribution < 1.29 is 4.74 Å². The van der Waals surface area contributed by atoms with Crippen LogP contribution in [-0.2, 0) is 11.3 Å². The molecule has 0 aromatic heterocycles. The number of hydrogen-bond donors (Lipinski definition) is 2. The number of benzene rings is 1. The summed E-state index contributed by atoms with van der Waals surface area (Å²) in [5.74, 6) is 0.893. The molecular weight excluding hydrogens is 439 g/mol. The molecule has 1 aliphatic rings. The van der Waals surface area contributed by atoms with Crippen LogP contribution in [0.2, 0.25) is 0 Å². The lowest BCUT2D eigenvalue weighted by Gasteiger charge is -2.22. The minimum Gasteiger partial charge on any atom is -0.383 e. The molecule has 0 unspecified atom stereocenters. The lowest BCUT2D eigenvalue weighted by molar-refractivity contribution is 0.144. The van der Waals surface area contributed by atoms with E-state index in [1.54, 1.807) is 7.11 Å². The number of guanidine groups is 1. The SMILES string of the molecule is CCNC(=NCc1ccc(C)cc1C)NCCN(CCOC)C1CC1.I. The second-order valence-electron chi connectivity index (χ2n) is 6.81. The Balaban J connectivity index is 0.00000338. The van der Waals surface area contributed by atoms with Crippen LogP contribution in [0.3, 0.4) is 0 Å². The molecule has 1 aromatic carbocycles. The summed E-state index contributed by atoms with van der Waals surface area (Å²) in [6, 6.07) is 7.31. The molecule has 6 heteroatoms. The van der Waals surface area contributed by atoms with Crippen LogP contribution in [0, 0.1) is 13.8 Å². The fourth-order valence-corrected chi connectivity index (χ4v) is 2.97. The van der Waals surface area contributed by atoms with Crippen molar-refractivity contribution in [2.24, 2.45) is 4.99 Å². The van der Waals surface area contributed by atoms with Crippen LogP contribution in [0.1, 0.15) is 36.5 Å². The number of methoxy groups -OCH3 is 1. The number of aliphatic imine (C=N–C) groups is 1. The van der Waals surface area contributed by atoms with Crippen LogP contribution >= 0.6 is 24.0 Å². The van der Waals surface area contributed by atoms with Crippen LogP contribution in [0.4, 0.5) is 0 Å². The predicted molar refractivity (Wildman–Crippen MR) is 121 cm³/mol. The normalized spacial score (nSPS) is 14.3. The van der Waals surface area contributed by atoms with E-state index >= 15 is 0 Å². The number of halogens is 1. The molecule has 0 spiro atoms. The molecule has 1 saturated carbocycles. The van der Waals surface area contributed by atoms with E-state index in [2.05, 4.69) is 54.5 Å². The van der Waals surface area contributed by atoms with Gasteiger partial charge in [0, 0.05) is 39.3 Å². The van der Waals surface area contributed by atoms with Crippen molar-refractivity contribution in [1.82, 2.24) is 15.5 Å². The van der Waals surface area contributed by atoms with Crippen LogP contribution in [-0.4, -0.2) is 56.8 Å². The Morgan fingerprint density at radius 3 is 2.62 bits per heavy atom. The zero-order chi connectivity index (χ0) is 18.1. The number of hydrogen-bond acceptors (Lipinski definition) is 3. The topological polar surface area (TPSA) is 48.9 Å². The summed E-state index contributed by atoms with van der Waals surface area (Å²) < 4.78 is 5.23. The highest BCUT2D eigenvalue weighted by Crippen LogP contribution is 2.25. The van der Waals surface area contributed by atoms with Crippen molar-refractivity contribution in [2.75, 3.05) is 39.9 Å². The number of nitrogens with zero attached hydrogens (tertiary/aromatic N) is 2. The number of aryl methyl sites for hydroxylation is 2. The van der Waals surface area contributed by atoms with E-state index in [1.807, 2.05) is 0 Å². The third-order valence-corrected chi connectivity index (χ3v) is 4.59. The van der Waals surface area contributed by atoms with Crippen molar-refractivity contribution in [3.63, 3.8) is 0 Å². The monoisotopic (exact) mass is 474 g/mol. The minimum absolute atomic E-state index is 0. The van der Waals surface area contributed by atoms with Crippen molar-refractivity contribution >= 4 is 29.9 Å². The van der Waals surface area contributed by atoms with E-state index in [1.165, 1.54) is 29.5 Å². The third-order valence-electron chi connectivity index (χ3n) is 4.59. The Morgan fingerprint density at radius 2 is 2.00 bits per heavy atom. The average Bonchev–Trinajstić information content (AvgIpc) is 3.41. The molecular formula is C20H35IN4O. The summed E-state index contributed by atoms with van der Waals surface area (Å²) in [6.45, 7) is 11.7. The van der Waals surface area contributed by atoms with Crippen LogP contribution in [0.25, 0.3) is 0 Å². The summed E-state index contributed by atoms with van der Waals surface area (Å²) in [5, 5.41) is 6.81. The summed E-state index contributed by atoms with van der Waals surface area (Å²) in [4.78, 5) is 7.26. The van der Waals surface area contributed by atoms with Gasteiger partial charge in [-0.05, 0) is 44.7 Å². The molecule has 1 aromatic rings. The van der Waals surface area contributed by atoms with Crippen LogP contribution < -0.4 is 10.6 Å². The van der Waals surface area contributed by atoms with E-state index in [9.17, 15) is 0 Å². The first-order valence-electron chi connectivity index (χ1n) is 9.45. The lowest BCUT2D eigenvalue weighted by atomic mass is 10.1. The fourth-order valence-electron chi connectivity index (χ4n) is 2.97. The van der Waals surface area contributed by atoms with Gasteiger partial charge in [0.2, 0.25) is 0 Å². The Bertz CT molecular complexity index is 561. The van der Waals surface area contributed by atoms with Gasteiger partial charge in [0.05, 0.1) is 13.2 Å². The maximum atomic E-state index is 5.23. The molecule has 2 rings (SSSR count). The molecule has 1 fully saturated rings. The highest BCUT2D eigenvalue weighted by atomic mass is 127. The Morgan fingerprint density at radius 1 is 1.23 bits per heavy atom.